The van der Waals surface area contributed by atoms with E-state index in [4.69, 9.17) is 0 Å². The van der Waals surface area contributed by atoms with Gasteiger partial charge in [0.1, 0.15) is 0 Å². The molecule has 3 rings (SSSR count). The van der Waals surface area contributed by atoms with Crippen LogP contribution in [0.15, 0.2) is 0 Å². The topological polar surface area (TPSA) is 12.0 Å². The molecular formula is C14H25N. The second-order valence-electron chi connectivity index (χ2n) is 6.53. The second kappa shape index (κ2) is 3.48. The maximum atomic E-state index is 3.36. The van der Waals surface area contributed by atoms with E-state index < -0.39 is 0 Å². The molecule has 0 saturated heterocycles. The largest absolute Gasteiger partial charge is 0.319 e. The van der Waals surface area contributed by atoms with Gasteiger partial charge in [0.05, 0.1) is 0 Å². The van der Waals surface area contributed by atoms with Gasteiger partial charge < -0.3 is 5.32 Å². The zero-order valence-electron chi connectivity index (χ0n) is 10.1. The van der Waals surface area contributed by atoms with Crippen LogP contribution in [0.1, 0.15) is 57.8 Å². The van der Waals surface area contributed by atoms with Gasteiger partial charge in [0, 0.05) is 0 Å². The highest BCUT2D eigenvalue weighted by atomic mass is 14.8. The monoisotopic (exact) mass is 207 g/mol. The van der Waals surface area contributed by atoms with E-state index in [1.807, 2.05) is 0 Å². The van der Waals surface area contributed by atoms with Crippen LogP contribution in [0.4, 0.5) is 0 Å². The van der Waals surface area contributed by atoms with Crippen molar-refractivity contribution in [3.8, 4) is 0 Å². The summed E-state index contributed by atoms with van der Waals surface area (Å²) in [4.78, 5) is 0. The molecule has 0 amide bonds. The fourth-order valence-electron chi connectivity index (χ4n) is 4.48. The maximum Gasteiger partial charge on any atom is -0.00180 e. The quantitative estimate of drug-likeness (QED) is 0.732. The average Bonchev–Trinajstić information content (AvgIpc) is 2.73. The summed E-state index contributed by atoms with van der Waals surface area (Å²) in [5.41, 5.74) is 1.65. The van der Waals surface area contributed by atoms with Crippen molar-refractivity contribution in [1.82, 2.24) is 5.32 Å². The van der Waals surface area contributed by atoms with Gasteiger partial charge in [-0.15, -0.1) is 0 Å². The van der Waals surface area contributed by atoms with E-state index in [2.05, 4.69) is 12.4 Å². The van der Waals surface area contributed by atoms with Crippen molar-refractivity contribution in [2.24, 2.45) is 16.7 Å². The Kier molecular flexibility index (Phi) is 2.35. The molecule has 3 aliphatic rings. The molecule has 3 aliphatic carbocycles. The number of nitrogens with one attached hydrogen (secondary N) is 1. The van der Waals surface area contributed by atoms with Crippen molar-refractivity contribution in [3.63, 3.8) is 0 Å². The molecule has 15 heavy (non-hydrogen) atoms. The van der Waals surface area contributed by atoms with Gasteiger partial charge >= 0.3 is 0 Å². The van der Waals surface area contributed by atoms with E-state index in [0.717, 1.165) is 16.7 Å². The molecular weight excluding hydrogens is 182 g/mol. The standard InChI is InChI=1S/C14H25N/c1-15-11-12-10-14(12)8-6-13(7-9-14)4-2-3-5-13/h12,15H,2-11H2,1H3. The molecule has 1 atom stereocenters. The molecule has 3 saturated carbocycles. The van der Waals surface area contributed by atoms with Gasteiger partial charge in [-0.05, 0) is 75.3 Å². The minimum atomic E-state index is 0.816. The lowest BCUT2D eigenvalue weighted by molar-refractivity contribution is 0.135. The maximum absolute atomic E-state index is 3.36. The molecule has 3 fully saturated rings. The first-order valence-electron chi connectivity index (χ1n) is 6.93. The van der Waals surface area contributed by atoms with Crippen molar-refractivity contribution >= 4 is 0 Å². The van der Waals surface area contributed by atoms with Crippen LogP contribution in [-0.2, 0) is 0 Å². The number of hydrogen-bond acceptors (Lipinski definition) is 1. The van der Waals surface area contributed by atoms with Crippen molar-refractivity contribution in [1.29, 1.82) is 0 Å². The summed E-state index contributed by atoms with van der Waals surface area (Å²) in [6.07, 6.45) is 13.9. The first kappa shape index (κ1) is 10.1. The Balaban J connectivity index is 1.57. The number of hydrogen-bond donors (Lipinski definition) is 1. The van der Waals surface area contributed by atoms with E-state index >= 15 is 0 Å². The predicted molar refractivity (Wildman–Crippen MR) is 63.8 cm³/mol. The molecule has 0 aliphatic heterocycles. The van der Waals surface area contributed by atoms with Crippen LogP contribution in [0.2, 0.25) is 0 Å². The molecule has 1 heteroatoms. The SMILES string of the molecule is CNCC1CC12CCC1(CCCC1)CC2. The third kappa shape index (κ3) is 1.63. The predicted octanol–water partition coefficient (Wildman–Crippen LogP) is 3.35. The van der Waals surface area contributed by atoms with Crippen LogP contribution in [0, 0.1) is 16.7 Å². The van der Waals surface area contributed by atoms with E-state index in [1.165, 1.54) is 25.8 Å². The van der Waals surface area contributed by atoms with Gasteiger partial charge in [0.15, 0.2) is 0 Å². The molecule has 1 unspecified atom stereocenters. The Morgan fingerprint density at radius 3 is 2.27 bits per heavy atom. The van der Waals surface area contributed by atoms with Gasteiger partial charge in [-0.25, -0.2) is 0 Å². The lowest BCUT2D eigenvalue weighted by atomic mass is 9.67. The highest BCUT2D eigenvalue weighted by Crippen LogP contribution is 2.65. The van der Waals surface area contributed by atoms with Crippen LogP contribution >= 0.6 is 0 Å². The van der Waals surface area contributed by atoms with Crippen LogP contribution in [0.25, 0.3) is 0 Å². The zero-order chi connectivity index (χ0) is 10.4. The van der Waals surface area contributed by atoms with Gasteiger partial charge in [-0.1, -0.05) is 12.8 Å². The van der Waals surface area contributed by atoms with Crippen molar-refractivity contribution in [2.75, 3.05) is 13.6 Å². The molecule has 0 aromatic rings. The van der Waals surface area contributed by atoms with E-state index in [0.29, 0.717) is 0 Å². The summed E-state index contributed by atoms with van der Waals surface area (Å²) in [7, 11) is 2.10. The number of rotatable bonds is 2. The Labute approximate surface area is 94.0 Å². The third-order valence-electron chi connectivity index (χ3n) is 5.78. The summed E-state index contributed by atoms with van der Waals surface area (Å²) in [6, 6.07) is 0. The Hall–Kier alpha value is -0.0400. The average molecular weight is 207 g/mol. The molecule has 0 heterocycles. The van der Waals surface area contributed by atoms with Gasteiger partial charge in [-0.3, -0.25) is 0 Å². The molecule has 2 spiro atoms. The second-order valence-corrected chi connectivity index (χ2v) is 6.53. The molecule has 0 radical (unpaired) electrons. The normalized spacial score (nSPS) is 36.2. The zero-order valence-corrected chi connectivity index (χ0v) is 10.1. The Morgan fingerprint density at radius 2 is 1.67 bits per heavy atom. The molecule has 1 nitrogen and oxygen atoms in total. The van der Waals surface area contributed by atoms with E-state index in [-0.39, 0.29) is 0 Å². The molecule has 1 N–H and O–H groups in total. The van der Waals surface area contributed by atoms with Crippen molar-refractivity contribution in [3.05, 3.63) is 0 Å². The van der Waals surface area contributed by atoms with E-state index in [1.54, 1.807) is 38.5 Å². The van der Waals surface area contributed by atoms with Gasteiger partial charge in [0.25, 0.3) is 0 Å². The lowest BCUT2D eigenvalue weighted by Crippen LogP contribution is -2.27. The Morgan fingerprint density at radius 1 is 1.00 bits per heavy atom. The first-order valence-corrected chi connectivity index (χ1v) is 6.93. The molecule has 86 valence electrons. The van der Waals surface area contributed by atoms with Crippen LogP contribution in [-0.4, -0.2) is 13.6 Å². The fourth-order valence-corrected chi connectivity index (χ4v) is 4.48. The highest BCUT2D eigenvalue weighted by Gasteiger charge is 2.56. The minimum absolute atomic E-state index is 0.816. The van der Waals surface area contributed by atoms with Crippen LogP contribution < -0.4 is 5.32 Å². The van der Waals surface area contributed by atoms with E-state index in [9.17, 15) is 0 Å². The van der Waals surface area contributed by atoms with Crippen LogP contribution in [0.5, 0.6) is 0 Å². The van der Waals surface area contributed by atoms with Crippen molar-refractivity contribution in [2.45, 2.75) is 57.8 Å². The Bertz CT molecular complexity index is 230. The van der Waals surface area contributed by atoms with Crippen molar-refractivity contribution < 1.29 is 0 Å². The molecule has 0 aromatic heterocycles. The summed E-state index contributed by atoms with van der Waals surface area (Å²) >= 11 is 0. The minimum Gasteiger partial charge on any atom is -0.319 e. The third-order valence-corrected chi connectivity index (χ3v) is 5.78. The highest BCUT2D eigenvalue weighted by molar-refractivity contribution is 5.07. The summed E-state index contributed by atoms with van der Waals surface area (Å²) in [5.74, 6) is 1.03. The first-order chi connectivity index (χ1) is 7.29. The fraction of sp³-hybridized carbons (Fsp3) is 1.00. The summed E-state index contributed by atoms with van der Waals surface area (Å²) in [6.45, 7) is 1.27. The molecule has 0 bridgehead atoms. The van der Waals surface area contributed by atoms with Crippen LogP contribution in [0.3, 0.4) is 0 Å². The smallest absolute Gasteiger partial charge is 0.00180 e. The lowest BCUT2D eigenvalue weighted by Gasteiger charge is -2.38. The summed E-state index contributed by atoms with van der Waals surface area (Å²) < 4.78 is 0. The van der Waals surface area contributed by atoms with Gasteiger partial charge in [-0.2, -0.15) is 0 Å². The summed E-state index contributed by atoms with van der Waals surface area (Å²) in [5, 5.41) is 3.36. The van der Waals surface area contributed by atoms with Gasteiger partial charge in [0.2, 0.25) is 0 Å². The molecule has 0 aromatic carbocycles.